The number of hydrogen-bond acceptors (Lipinski definition) is 0. The molecule has 0 heterocycles. The van der Waals surface area contributed by atoms with E-state index in [9.17, 15) is 0 Å². The summed E-state index contributed by atoms with van der Waals surface area (Å²) >= 11 is 7.56. The van der Waals surface area contributed by atoms with E-state index in [0.717, 1.165) is 12.8 Å². The van der Waals surface area contributed by atoms with Crippen molar-refractivity contribution in [2.45, 2.75) is 33.6 Å². The normalized spacial score (nSPS) is 13.4. The summed E-state index contributed by atoms with van der Waals surface area (Å²) in [4.78, 5) is 0. The van der Waals surface area contributed by atoms with Crippen LogP contribution < -0.4 is 15.6 Å². The molecule has 0 aromatic heterocycles. The second kappa shape index (κ2) is 7.59. The zero-order valence-electron chi connectivity index (χ0n) is 15.2. The molecule has 3 aromatic rings. The van der Waals surface area contributed by atoms with Crippen LogP contribution in [0.4, 0.5) is 0 Å². The van der Waals surface area contributed by atoms with Crippen molar-refractivity contribution in [3.8, 4) is 0 Å². The van der Waals surface area contributed by atoms with E-state index in [2.05, 4.69) is 93.6 Å². The molecular weight excluding hydrogens is 340 g/mol. The van der Waals surface area contributed by atoms with Crippen LogP contribution >= 0.6 is 11.1 Å². The molecule has 0 saturated carbocycles. The summed E-state index contributed by atoms with van der Waals surface area (Å²) in [5.74, 6) is 0. The Balaban J connectivity index is 2.27. The van der Waals surface area contributed by atoms with Gasteiger partial charge in [-0.3, -0.25) is 0 Å². The Bertz CT molecular complexity index is 817. The summed E-state index contributed by atoms with van der Waals surface area (Å²) in [6.45, 7) is 6.55. The second-order valence-corrected chi connectivity index (χ2v) is 11.4. The first-order valence-electron chi connectivity index (χ1n) is 9.02. The summed E-state index contributed by atoms with van der Waals surface area (Å²) in [7, 11) is -2.52. The molecule has 0 bridgehead atoms. The number of rotatable bonds is 5. The van der Waals surface area contributed by atoms with Crippen LogP contribution in [-0.4, -0.2) is 7.38 Å². The number of aryl methyl sites for hydroxylation is 3. The highest BCUT2D eigenvalue weighted by molar-refractivity contribution is 7.40. The van der Waals surface area contributed by atoms with E-state index in [1.807, 2.05) is 0 Å². The number of benzene rings is 3. The lowest BCUT2D eigenvalue weighted by Crippen LogP contribution is -2.63. The van der Waals surface area contributed by atoms with E-state index in [4.69, 9.17) is 11.1 Å². The van der Waals surface area contributed by atoms with E-state index >= 15 is 0 Å². The molecule has 0 nitrogen and oxygen atoms in total. The van der Waals surface area contributed by atoms with Gasteiger partial charge in [0.25, 0.3) is 0 Å². The molecule has 25 heavy (non-hydrogen) atoms. The standard InChI is InChI=1S/C23H25ClSi/c1-4-19-15-20(5-2)17-23(16-19)25(24,21-9-7-6-8-10-21)22-13-11-18(3)12-14-22/h6-17H,4-5H2,1-3H3. The molecule has 0 aliphatic heterocycles. The fourth-order valence-electron chi connectivity index (χ4n) is 3.32. The molecule has 0 amide bonds. The summed E-state index contributed by atoms with van der Waals surface area (Å²) in [5, 5.41) is 3.79. The van der Waals surface area contributed by atoms with Crippen molar-refractivity contribution in [3.63, 3.8) is 0 Å². The lowest BCUT2D eigenvalue weighted by molar-refractivity contribution is 1.09. The Morgan fingerprint density at radius 3 is 1.72 bits per heavy atom. The van der Waals surface area contributed by atoms with E-state index in [-0.39, 0.29) is 0 Å². The highest BCUT2D eigenvalue weighted by Crippen LogP contribution is 2.16. The quantitative estimate of drug-likeness (QED) is 0.359. The van der Waals surface area contributed by atoms with Crippen molar-refractivity contribution in [1.82, 2.24) is 0 Å². The second-order valence-electron chi connectivity index (χ2n) is 6.64. The van der Waals surface area contributed by atoms with Crippen molar-refractivity contribution in [2.75, 3.05) is 0 Å². The largest absolute Gasteiger partial charge is 0.247 e. The molecule has 0 aliphatic rings. The molecule has 0 N–H and O–H groups in total. The van der Waals surface area contributed by atoms with E-state index in [0.29, 0.717) is 0 Å². The monoisotopic (exact) mass is 364 g/mol. The van der Waals surface area contributed by atoms with Crippen LogP contribution in [0.15, 0.2) is 72.8 Å². The van der Waals surface area contributed by atoms with Gasteiger partial charge in [-0.05, 0) is 46.5 Å². The third kappa shape index (κ3) is 3.58. The van der Waals surface area contributed by atoms with Gasteiger partial charge in [-0.15, -0.1) is 11.1 Å². The Morgan fingerprint density at radius 1 is 0.680 bits per heavy atom. The number of hydrogen-bond donors (Lipinski definition) is 0. The molecule has 0 saturated heterocycles. The fraction of sp³-hybridized carbons (Fsp3) is 0.217. The molecular formula is C23H25ClSi. The van der Waals surface area contributed by atoms with Crippen molar-refractivity contribution < 1.29 is 0 Å². The molecule has 1 unspecified atom stereocenters. The fourth-order valence-corrected chi connectivity index (χ4v) is 7.45. The first-order valence-corrected chi connectivity index (χ1v) is 12.0. The van der Waals surface area contributed by atoms with E-state index in [1.165, 1.54) is 32.3 Å². The highest BCUT2D eigenvalue weighted by atomic mass is 35.6. The first-order chi connectivity index (χ1) is 12.1. The minimum Gasteiger partial charge on any atom is -0.149 e. The maximum atomic E-state index is 7.56. The molecule has 0 radical (unpaired) electrons. The Kier molecular flexibility index (Phi) is 5.46. The third-order valence-electron chi connectivity index (χ3n) is 4.89. The van der Waals surface area contributed by atoms with Crippen molar-refractivity contribution in [2.24, 2.45) is 0 Å². The van der Waals surface area contributed by atoms with Gasteiger partial charge in [-0.25, -0.2) is 0 Å². The maximum absolute atomic E-state index is 7.56. The molecule has 128 valence electrons. The smallest absolute Gasteiger partial charge is 0.149 e. The average Bonchev–Trinajstić information content (AvgIpc) is 2.68. The van der Waals surface area contributed by atoms with Gasteiger partial charge >= 0.3 is 0 Å². The lowest BCUT2D eigenvalue weighted by atomic mass is 10.1. The van der Waals surface area contributed by atoms with Crippen molar-refractivity contribution >= 4 is 34.0 Å². The summed E-state index contributed by atoms with van der Waals surface area (Å²) in [6, 6.07) is 26.4. The van der Waals surface area contributed by atoms with Crippen molar-refractivity contribution in [1.29, 1.82) is 0 Å². The van der Waals surface area contributed by atoms with Gasteiger partial charge in [-0.2, -0.15) is 0 Å². The van der Waals surface area contributed by atoms with Crippen LogP contribution in [0.5, 0.6) is 0 Å². The van der Waals surface area contributed by atoms with Gasteiger partial charge in [0.05, 0.1) is 0 Å². The van der Waals surface area contributed by atoms with Gasteiger partial charge in [0.1, 0.15) is 0 Å². The first kappa shape index (κ1) is 18.0. The lowest BCUT2D eigenvalue weighted by Gasteiger charge is -2.27. The van der Waals surface area contributed by atoms with Crippen LogP contribution in [0.3, 0.4) is 0 Å². The Labute approximate surface area is 157 Å². The zero-order chi connectivity index (χ0) is 17.9. The van der Waals surface area contributed by atoms with Crippen LogP contribution in [-0.2, 0) is 12.8 Å². The molecule has 3 rings (SSSR count). The predicted octanol–water partition coefficient (Wildman–Crippen LogP) is 4.33. The molecule has 2 heteroatoms. The van der Waals surface area contributed by atoms with Crippen LogP contribution in [0.2, 0.25) is 0 Å². The maximum Gasteiger partial charge on any atom is 0.247 e. The zero-order valence-corrected chi connectivity index (χ0v) is 17.0. The average molecular weight is 365 g/mol. The van der Waals surface area contributed by atoms with Gasteiger partial charge in [0, 0.05) is 0 Å². The van der Waals surface area contributed by atoms with Gasteiger partial charge in [-0.1, -0.05) is 92.2 Å². The van der Waals surface area contributed by atoms with E-state index < -0.39 is 7.38 Å². The Hall–Kier alpha value is -1.83. The van der Waals surface area contributed by atoms with E-state index in [1.54, 1.807) is 0 Å². The minimum absolute atomic E-state index is 1.03. The molecule has 0 spiro atoms. The van der Waals surface area contributed by atoms with Crippen molar-refractivity contribution in [3.05, 3.63) is 89.5 Å². The highest BCUT2D eigenvalue weighted by Gasteiger charge is 2.38. The summed E-state index contributed by atoms with van der Waals surface area (Å²) in [6.07, 6.45) is 2.07. The molecule has 3 aromatic carbocycles. The topological polar surface area (TPSA) is 0 Å². The van der Waals surface area contributed by atoms with Gasteiger partial charge in [0.2, 0.25) is 7.38 Å². The number of halogens is 1. The van der Waals surface area contributed by atoms with Gasteiger partial charge in [0.15, 0.2) is 0 Å². The third-order valence-corrected chi connectivity index (χ3v) is 10.2. The predicted molar refractivity (Wildman–Crippen MR) is 113 cm³/mol. The SMILES string of the molecule is CCc1cc(CC)cc([Si](Cl)(c2ccccc2)c2ccc(C)cc2)c1. The van der Waals surface area contributed by atoms with Crippen LogP contribution in [0.1, 0.15) is 30.5 Å². The summed E-state index contributed by atoms with van der Waals surface area (Å²) in [5.41, 5.74) is 4.01. The van der Waals surface area contributed by atoms with Crippen LogP contribution in [0, 0.1) is 6.92 Å². The molecule has 0 fully saturated rings. The molecule has 1 atom stereocenters. The van der Waals surface area contributed by atoms with Crippen LogP contribution in [0.25, 0.3) is 0 Å². The molecule has 0 aliphatic carbocycles. The Morgan fingerprint density at radius 2 is 1.20 bits per heavy atom. The van der Waals surface area contributed by atoms with Gasteiger partial charge < -0.3 is 0 Å². The minimum atomic E-state index is -2.52. The summed E-state index contributed by atoms with van der Waals surface area (Å²) < 4.78 is 0.